The predicted molar refractivity (Wildman–Crippen MR) is 97.0 cm³/mol. The lowest BCUT2D eigenvalue weighted by Gasteiger charge is -2.13. The number of carbonyl (C=O) groups excluding carboxylic acids is 1. The molecule has 0 fully saturated rings. The lowest BCUT2D eigenvalue weighted by Crippen LogP contribution is -2.22. The van der Waals surface area contributed by atoms with Crippen LogP contribution in [0.15, 0.2) is 36.4 Å². The lowest BCUT2D eigenvalue weighted by atomic mass is 10.2. The van der Waals surface area contributed by atoms with Crippen molar-refractivity contribution < 1.29 is 18.7 Å². The predicted octanol–water partition coefficient (Wildman–Crippen LogP) is 3.98. The summed E-state index contributed by atoms with van der Waals surface area (Å²) >= 11 is 0. The van der Waals surface area contributed by atoms with Crippen LogP contribution in [0.3, 0.4) is 0 Å². The summed E-state index contributed by atoms with van der Waals surface area (Å²) in [5.74, 6) is 0.529. The van der Waals surface area contributed by atoms with E-state index in [9.17, 15) is 9.18 Å². The van der Waals surface area contributed by atoms with E-state index >= 15 is 0 Å². The molecule has 25 heavy (non-hydrogen) atoms. The highest BCUT2D eigenvalue weighted by atomic mass is 19.1. The first-order valence-corrected chi connectivity index (χ1v) is 8.23. The van der Waals surface area contributed by atoms with Crippen molar-refractivity contribution in [2.45, 2.75) is 20.8 Å². The first kappa shape index (κ1) is 18.6. The standard InChI is InChI=1S/C19H23FN2O3/c1-4-24-17-9-7-14(11-18(17)25-5-2)22-19(23)12-21-16-8-6-13(3)10-15(16)20/h6-11,21H,4-5,12H2,1-3H3,(H,22,23). The molecule has 2 aromatic rings. The van der Waals surface area contributed by atoms with Crippen LogP contribution >= 0.6 is 0 Å². The lowest BCUT2D eigenvalue weighted by molar-refractivity contribution is -0.114. The Balaban J connectivity index is 1.98. The van der Waals surface area contributed by atoms with Crippen LogP contribution in [0.5, 0.6) is 11.5 Å². The largest absolute Gasteiger partial charge is 0.490 e. The van der Waals surface area contributed by atoms with E-state index in [1.807, 2.05) is 13.8 Å². The van der Waals surface area contributed by atoms with Gasteiger partial charge in [0, 0.05) is 11.8 Å². The molecule has 0 aliphatic carbocycles. The van der Waals surface area contributed by atoms with Gasteiger partial charge in [0.2, 0.25) is 5.91 Å². The number of hydrogen-bond acceptors (Lipinski definition) is 4. The molecule has 0 atom stereocenters. The number of carbonyl (C=O) groups is 1. The number of benzene rings is 2. The van der Waals surface area contributed by atoms with Crippen molar-refractivity contribution in [1.29, 1.82) is 0 Å². The fourth-order valence-corrected chi connectivity index (χ4v) is 2.27. The monoisotopic (exact) mass is 346 g/mol. The number of anilines is 2. The molecule has 0 heterocycles. The van der Waals surface area contributed by atoms with Crippen molar-refractivity contribution in [2.75, 3.05) is 30.4 Å². The van der Waals surface area contributed by atoms with Crippen LogP contribution in [0.25, 0.3) is 0 Å². The average Bonchev–Trinajstić information content (AvgIpc) is 2.57. The highest BCUT2D eigenvalue weighted by Gasteiger charge is 2.09. The molecule has 0 unspecified atom stereocenters. The average molecular weight is 346 g/mol. The second-order valence-electron chi connectivity index (χ2n) is 5.41. The van der Waals surface area contributed by atoms with E-state index in [1.165, 1.54) is 6.07 Å². The van der Waals surface area contributed by atoms with E-state index in [4.69, 9.17) is 9.47 Å². The first-order chi connectivity index (χ1) is 12.0. The fourth-order valence-electron chi connectivity index (χ4n) is 2.27. The van der Waals surface area contributed by atoms with Crippen LogP contribution in [-0.4, -0.2) is 25.7 Å². The summed E-state index contributed by atoms with van der Waals surface area (Å²) in [4.78, 5) is 12.1. The Kier molecular flexibility index (Phi) is 6.62. The number of rotatable bonds is 8. The molecule has 0 aromatic heterocycles. The highest BCUT2D eigenvalue weighted by molar-refractivity contribution is 5.94. The Bertz CT molecular complexity index is 735. The molecule has 2 aromatic carbocycles. The van der Waals surface area contributed by atoms with Crippen molar-refractivity contribution in [3.05, 3.63) is 47.8 Å². The maximum absolute atomic E-state index is 13.8. The minimum absolute atomic E-state index is 0.0445. The number of amides is 1. The number of halogens is 1. The van der Waals surface area contributed by atoms with Gasteiger partial charge in [-0.15, -0.1) is 0 Å². The van der Waals surface area contributed by atoms with Gasteiger partial charge in [0.25, 0.3) is 0 Å². The fraction of sp³-hybridized carbons (Fsp3) is 0.316. The third kappa shape index (κ3) is 5.38. The van der Waals surface area contributed by atoms with E-state index in [-0.39, 0.29) is 18.3 Å². The maximum atomic E-state index is 13.8. The van der Waals surface area contributed by atoms with Crippen LogP contribution < -0.4 is 20.1 Å². The van der Waals surface area contributed by atoms with Gasteiger partial charge in [0.05, 0.1) is 25.4 Å². The number of nitrogens with one attached hydrogen (secondary N) is 2. The van der Waals surface area contributed by atoms with Crippen LogP contribution in [0.2, 0.25) is 0 Å². The molecule has 0 aliphatic rings. The van der Waals surface area contributed by atoms with Gasteiger partial charge in [-0.25, -0.2) is 4.39 Å². The Morgan fingerprint density at radius 2 is 1.76 bits per heavy atom. The SMILES string of the molecule is CCOc1ccc(NC(=O)CNc2ccc(C)cc2F)cc1OCC. The zero-order chi connectivity index (χ0) is 18.2. The molecule has 134 valence electrons. The molecule has 6 heteroatoms. The number of ether oxygens (including phenoxy) is 2. The smallest absolute Gasteiger partial charge is 0.243 e. The summed E-state index contributed by atoms with van der Waals surface area (Å²) in [6.07, 6.45) is 0. The molecule has 0 saturated heterocycles. The summed E-state index contributed by atoms with van der Waals surface area (Å²) in [5, 5.41) is 5.54. The summed E-state index contributed by atoms with van der Waals surface area (Å²) in [7, 11) is 0. The molecule has 0 aliphatic heterocycles. The molecular weight excluding hydrogens is 323 g/mol. The Morgan fingerprint density at radius 3 is 2.44 bits per heavy atom. The number of aryl methyl sites for hydroxylation is 1. The van der Waals surface area contributed by atoms with E-state index in [0.29, 0.717) is 36.1 Å². The van der Waals surface area contributed by atoms with Crippen molar-refractivity contribution >= 4 is 17.3 Å². The van der Waals surface area contributed by atoms with Gasteiger partial charge in [-0.1, -0.05) is 6.07 Å². The molecule has 0 spiro atoms. The van der Waals surface area contributed by atoms with E-state index in [1.54, 1.807) is 37.3 Å². The summed E-state index contributed by atoms with van der Waals surface area (Å²) in [6.45, 7) is 6.55. The Hall–Kier alpha value is -2.76. The Labute approximate surface area is 147 Å². The van der Waals surface area contributed by atoms with Crippen LogP contribution in [0, 0.1) is 12.7 Å². The second-order valence-corrected chi connectivity index (χ2v) is 5.41. The molecule has 1 amide bonds. The third-order valence-corrected chi connectivity index (χ3v) is 3.39. The third-order valence-electron chi connectivity index (χ3n) is 3.39. The van der Waals surface area contributed by atoms with E-state index in [2.05, 4.69) is 10.6 Å². The first-order valence-electron chi connectivity index (χ1n) is 8.23. The van der Waals surface area contributed by atoms with Gasteiger partial charge in [0.1, 0.15) is 5.82 Å². The maximum Gasteiger partial charge on any atom is 0.243 e. The van der Waals surface area contributed by atoms with Gasteiger partial charge in [-0.2, -0.15) is 0 Å². The molecule has 2 N–H and O–H groups in total. The van der Waals surface area contributed by atoms with Crippen molar-refractivity contribution in [2.24, 2.45) is 0 Å². The molecule has 0 bridgehead atoms. The molecule has 0 saturated carbocycles. The van der Waals surface area contributed by atoms with Gasteiger partial charge in [-0.05, 0) is 50.6 Å². The second kappa shape index (κ2) is 8.92. The normalized spacial score (nSPS) is 10.2. The van der Waals surface area contributed by atoms with Gasteiger partial charge in [0.15, 0.2) is 11.5 Å². The highest BCUT2D eigenvalue weighted by Crippen LogP contribution is 2.30. The Morgan fingerprint density at radius 1 is 1.04 bits per heavy atom. The van der Waals surface area contributed by atoms with E-state index < -0.39 is 0 Å². The summed E-state index contributed by atoms with van der Waals surface area (Å²) in [6, 6.07) is 10.0. The topological polar surface area (TPSA) is 59.6 Å². The van der Waals surface area contributed by atoms with E-state index in [0.717, 1.165) is 5.56 Å². The quantitative estimate of drug-likeness (QED) is 0.759. The van der Waals surface area contributed by atoms with Crippen LogP contribution in [0.1, 0.15) is 19.4 Å². The minimum Gasteiger partial charge on any atom is -0.490 e. The van der Waals surface area contributed by atoms with Crippen LogP contribution in [-0.2, 0) is 4.79 Å². The molecule has 2 rings (SSSR count). The summed E-state index contributed by atoms with van der Waals surface area (Å²) in [5.41, 5.74) is 1.70. The van der Waals surface area contributed by atoms with Crippen LogP contribution in [0.4, 0.5) is 15.8 Å². The zero-order valence-corrected chi connectivity index (χ0v) is 14.7. The minimum atomic E-state index is -0.382. The molecular formula is C19H23FN2O3. The molecule has 0 radical (unpaired) electrons. The van der Waals surface area contributed by atoms with Gasteiger partial charge < -0.3 is 20.1 Å². The molecule has 5 nitrogen and oxygen atoms in total. The van der Waals surface area contributed by atoms with Crippen molar-refractivity contribution in [1.82, 2.24) is 0 Å². The van der Waals surface area contributed by atoms with Gasteiger partial charge >= 0.3 is 0 Å². The van der Waals surface area contributed by atoms with Gasteiger partial charge in [-0.3, -0.25) is 4.79 Å². The van der Waals surface area contributed by atoms with Crippen molar-refractivity contribution in [3.63, 3.8) is 0 Å². The van der Waals surface area contributed by atoms with Crippen molar-refractivity contribution in [3.8, 4) is 11.5 Å². The number of hydrogen-bond donors (Lipinski definition) is 2. The summed E-state index contributed by atoms with van der Waals surface area (Å²) < 4.78 is 24.8. The zero-order valence-electron chi connectivity index (χ0n) is 14.7.